The van der Waals surface area contributed by atoms with Crippen LogP contribution in [0, 0.1) is 11.7 Å². The highest BCUT2D eigenvalue weighted by Crippen LogP contribution is 2.20. The molecule has 0 saturated heterocycles. The van der Waals surface area contributed by atoms with Gasteiger partial charge in [-0.25, -0.2) is 4.39 Å². The first-order valence-electron chi connectivity index (χ1n) is 9.70. The number of para-hydroxylation sites is 1. The maximum atomic E-state index is 13.1. The summed E-state index contributed by atoms with van der Waals surface area (Å²) in [4.78, 5) is 24.6. The third-order valence-electron chi connectivity index (χ3n) is 4.75. The highest BCUT2D eigenvalue weighted by Gasteiger charge is 2.19. The number of hydrogen-bond donors (Lipinski definition) is 2. The Morgan fingerprint density at radius 1 is 0.968 bits per heavy atom. The lowest BCUT2D eigenvalue weighted by Gasteiger charge is -2.16. The van der Waals surface area contributed by atoms with Gasteiger partial charge in [0, 0.05) is 11.6 Å². The van der Waals surface area contributed by atoms with Crippen molar-refractivity contribution in [1.82, 2.24) is 5.32 Å². The van der Waals surface area contributed by atoms with Crippen molar-refractivity contribution in [2.75, 3.05) is 6.54 Å². The summed E-state index contributed by atoms with van der Waals surface area (Å²) in [5.74, 6) is -1.49. The predicted octanol–water partition coefficient (Wildman–Crippen LogP) is 4.13. The topological polar surface area (TPSA) is 81.4 Å². The van der Waals surface area contributed by atoms with Crippen LogP contribution in [0.5, 0.6) is 5.75 Å². The lowest BCUT2D eigenvalue weighted by molar-refractivity contribution is -0.121. The molecule has 3 rings (SSSR count). The van der Waals surface area contributed by atoms with Crippen LogP contribution in [0.25, 0.3) is 0 Å². The number of carbonyl (C=O) groups is 2. The summed E-state index contributed by atoms with van der Waals surface area (Å²) in [7, 11) is 0. The minimum absolute atomic E-state index is 0.0526. The van der Waals surface area contributed by atoms with E-state index < -0.39 is 11.8 Å². The molecule has 160 valence electrons. The van der Waals surface area contributed by atoms with E-state index in [9.17, 15) is 14.0 Å². The van der Waals surface area contributed by atoms with Crippen LogP contribution in [0.2, 0.25) is 5.02 Å². The molecule has 1 unspecified atom stereocenters. The maximum absolute atomic E-state index is 13.1. The zero-order valence-electron chi connectivity index (χ0n) is 16.7. The number of benzene rings is 3. The van der Waals surface area contributed by atoms with E-state index in [4.69, 9.17) is 22.1 Å². The summed E-state index contributed by atoms with van der Waals surface area (Å²) in [6.45, 7) is 0.326. The highest BCUT2D eigenvalue weighted by molar-refractivity contribution is 6.30. The number of primary amides is 1. The fraction of sp³-hybridized carbons (Fsp3) is 0.167. The molecule has 3 N–H and O–H groups in total. The monoisotopic (exact) mass is 440 g/mol. The van der Waals surface area contributed by atoms with Crippen molar-refractivity contribution in [2.45, 2.75) is 13.0 Å². The average Bonchev–Trinajstić information content (AvgIpc) is 2.77. The molecule has 0 heterocycles. The van der Waals surface area contributed by atoms with E-state index >= 15 is 0 Å². The molecule has 5 nitrogen and oxygen atoms in total. The minimum atomic E-state index is -0.628. The fourth-order valence-electron chi connectivity index (χ4n) is 3.01. The van der Waals surface area contributed by atoms with Crippen molar-refractivity contribution >= 4 is 23.4 Å². The number of carbonyl (C=O) groups excluding carboxylic acids is 2. The zero-order valence-corrected chi connectivity index (χ0v) is 17.4. The van der Waals surface area contributed by atoms with Gasteiger partial charge >= 0.3 is 0 Å². The molecule has 0 aliphatic heterocycles. The third kappa shape index (κ3) is 6.55. The molecule has 0 aliphatic carbocycles. The molecule has 0 radical (unpaired) electrons. The minimum Gasteiger partial charge on any atom is -0.488 e. The molecule has 0 spiro atoms. The van der Waals surface area contributed by atoms with Gasteiger partial charge in [-0.15, -0.1) is 0 Å². The second-order valence-electron chi connectivity index (χ2n) is 7.05. The van der Waals surface area contributed by atoms with E-state index in [1.807, 2.05) is 12.1 Å². The number of nitrogens with one attached hydrogen (secondary N) is 1. The molecule has 0 saturated carbocycles. The Labute approximate surface area is 185 Å². The second kappa shape index (κ2) is 10.6. The second-order valence-corrected chi connectivity index (χ2v) is 7.49. The molecular formula is C24H22ClFN2O3. The Bertz CT molecular complexity index is 1040. The number of halogens is 2. The molecule has 7 heteroatoms. The van der Waals surface area contributed by atoms with Gasteiger partial charge < -0.3 is 15.8 Å². The van der Waals surface area contributed by atoms with Crippen molar-refractivity contribution < 1.29 is 18.7 Å². The van der Waals surface area contributed by atoms with E-state index in [0.29, 0.717) is 22.8 Å². The molecule has 3 aromatic rings. The van der Waals surface area contributed by atoms with Gasteiger partial charge in [-0.3, -0.25) is 9.59 Å². The van der Waals surface area contributed by atoms with E-state index in [1.165, 1.54) is 12.1 Å². The van der Waals surface area contributed by atoms with Gasteiger partial charge in [0.1, 0.15) is 18.2 Å². The summed E-state index contributed by atoms with van der Waals surface area (Å²) >= 11 is 5.89. The average molecular weight is 441 g/mol. The van der Waals surface area contributed by atoms with E-state index in [0.717, 1.165) is 11.1 Å². The SMILES string of the molecule is NC(=O)C(CNC(=O)c1ccccc1OCc1ccc(Cl)cc1)Cc1ccc(F)cc1. The van der Waals surface area contributed by atoms with Crippen LogP contribution in [-0.4, -0.2) is 18.4 Å². The van der Waals surface area contributed by atoms with Gasteiger partial charge in [0.05, 0.1) is 11.5 Å². The molecule has 0 bridgehead atoms. The quantitative estimate of drug-likeness (QED) is 0.525. The molecule has 0 aliphatic rings. The molecule has 0 fully saturated rings. The Kier molecular flexibility index (Phi) is 7.62. The molecule has 1 atom stereocenters. The van der Waals surface area contributed by atoms with Crippen LogP contribution in [0.4, 0.5) is 4.39 Å². The van der Waals surface area contributed by atoms with Crippen molar-refractivity contribution in [2.24, 2.45) is 11.7 Å². The first kappa shape index (κ1) is 22.3. The van der Waals surface area contributed by atoms with Gasteiger partial charge in [0.2, 0.25) is 5.91 Å². The van der Waals surface area contributed by atoms with E-state index in [1.54, 1.807) is 48.5 Å². The fourth-order valence-corrected chi connectivity index (χ4v) is 3.14. The standard InChI is InChI=1S/C24H22ClFN2O3/c25-19-9-5-17(6-10-19)15-31-22-4-2-1-3-21(22)24(30)28-14-18(23(27)29)13-16-7-11-20(26)12-8-16/h1-12,18H,13-15H2,(H2,27,29)(H,28,30). The van der Waals surface area contributed by atoms with Crippen molar-refractivity contribution in [3.8, 4) is 5.75 Å². The molecule has 0 aromatic heterocycles. The van der Waals surface area contributed by atoms with Crippen LogP contribution >= 0.6 is 11.6 Å². The Hall–Kier alpha value is -3.38. The Morgan fingerprint density at radius 3 is 2.29 bits per heavy atom. The van der Waals surface area contributed by atoms with Crippen molar-refractivity contribution in [1.29, 1.82) is 0 Å². The van der Waals surface area contributed by atoms with Crippen LogP contribution in [0.3, 0.4) is 0 Å². The lowest BCUT2D eigenvalue weighted by Crippen LogP contribution is -2.37. The Balaban J connectivity index is 1.63. The molecular weight excluding hydrogens is 419 g/mol. The van der Waals surface area contributed by atoms with Crippen molar-refractivity contribution in [3.63, 3.8) is 0 Å². The van der Waals surface area contributed by atoms with Gasteiger partial charge in [-0.1, -0.05) is 48.0 Å². The molecule has 3 aromatic carbocycles. The summed E-state index contributed by atoms with van der Waals surface area (Å²) in [6.07, 6.45) is 0.296. The zero-order chi connectivity index (χ0) is 22.2. The summed E-state index contributed by atoms with van der Waals surface area (Å²) in [5.41, 5.74) is 7.51. The number of nitrogens with two attached hydrogens (primary N) is 1. The smallest absolute Gasteiger partial charge is 0.255 e. The molecule has 31 heavy (non-hydrogen) atoms. The first-order chi connectivity index (χ1) is 14.9. The van der Waals surface area contributed by atoms with Crippen LogP contribution in [0.15, 0.2) is 72.8 Å². The lowest BCUT2D eigenvalue weighted by atomic mass is 9.98. The van der Waals surface area contributed by atoms with Crippen LogP contribution in [0.1, 0.15) is 21.5 Å². The number of amides is 2. The largest absolute Gasteiger partial charge is 0.488 e. The van der Waals surface area contributed by atoms with Crippen LogP contribution in [-0.2, 0) is 17.8 Å². The maximum Gasteiger partial charge on any atom is 0.255 e. The summed E-state index contributed by atoms with van der Waals surface area (Å²) in [5, 5.41) is 3.38. The van der Waals surface area contributed by atoms with E-state index in [2.05, 4.69) is 5.32 Å². The number of ether oxygens (including phenoxy) is 1. The number of hydrogen-bond acceptors (Lipinski definition) is 3. The summed E-state index contributed by atoms with van der Waals surface area (Å²) < 4.78 is 18.9. The first-order valence-corrected chi connectivity index (χ1v) is 10.1. The van der Waals surface area contributed by atoms with E-state index in [-0.39, 0.29) is 24.9 Å². The normalized spacial score (nSPS) is 11.5. The van der Waals surface area contributed by atoms with Crippen LogP contribution < -0.4 is 15.8 Å². The predicted molar refractivity (Wildman–Crippen MR) is 117 cm³/mol. The van der Waals surface area contributed by atoms with Crippen molar-refractivity contribution in [3.05, 3.63) is 100 Å². The summed E-state index contributed by atoms with van der Waals surface area (Å²) in [6, 6.07) is 19.9. The van der Waals surface area contributed by atoms with Gasteiger partial charge in [0.25, 0.3) is 5.91 Å². The molecule has 2 amide bonds. The third-order valence-corrected chi connectivity index (χ3v) is 5.00. The van der Waals surface area contributed by atoms with Gasteiger partial charge in [-0.05, 0) is 53.9 Å². The van der Waals surface area contributed by atoms with Gasteiger partial charge in [0.15, 0.2) is 0 Å². The highest BCUT2D eigenvalue weighted by atomic mass is 35.5. The van der Waals surface area contributed by atoms with Gasteiger partial charge in [-0.2, -0.15) is 0 Å². The Morgan fingerprint density at radius 2 is 1.61 bits per heavy atom. The number of rotatable bonds is 9.